The number of aromatic nitrogens is 2. The molecule has 1 saturated heterocycles. The fourth-order valence-electron chi connectivity index (χ4n) is 2.62. The van der Waals surface area contributed by atoms with E-state index in [1.54, 1.807) is 13.0 Å². The van der Waals surface area contributed by atoms with E-state index in [0.717, 1.165) is 32.5 Å². The summed E-state index contributed by atoms with van der Waals surface area (Å²) in [5.41, 5.74) is 5.64. The Hall–Kier alpha value is -1.93. The molecule has 2 aromatic heterocycles. The molecule has 1 aliphatic rings. The summed E-state index contributed by atoms with van der Waals surface area (Å²) in [7, 11) is 0. The first-order valence-electron chi connectivity index (χ1n) is 7.27. The van der Waals surface area contributed by atoms with Crippen molar-refractivity contribution in [1.82, 2.24) is 15.0 Å². The summed E-state index contributed by atoms with van der Waals surface area (Å²) in [5.74, 6) is 1.23. The number of anilines is 2. The highest BCUT2D eigenvalue weighted by molar-refractivity contribution is 7.15. The van der Waals surface area contributed by atoms with E-state index in [4.69, 9.17) is 10.3 Å². The standard InChI is InChI=1S/C14H19N5O2S/c1-9-6-12(18-21-9)17-13(20)10-2-4-19(5-3-10)8-11-7-16-14(15)22-11/h6-7,10H,2-5,8H2,1H3,(H2,15,16)(H,17,18,20). The average molecular weight is 321 g/mol. The number of nitrogens with two attached hydrogens (primary N) is 1. The van der Waals surface area contributed by atoms with Crippen LogP contribution in [0.2, 0.25) is 0 Å². The van der Waals surface area contributed by atoms with Gasteiger partial charge in [-0.2, -0.15) is 0 Å². The topological polar surface area (TPSA) is 97.3 Å². The molecule has 8 heteroatoms. The van der Waals surface area contributed by atoms with Crippen LogP contribution in [0.25, 0.3) is 0 Å². The zero-order chi connectivity index (χ0) is 15.5. The minimum atomic E-state index is 0.0231. The van der Waals surface area contributed by atoms with Crippen LogP contribution in [0.15, 0.2) is 16.8 Å². The molecule has 2 aromatic rings. The number of rotatable bonds is 4. The monoisotopic (exact) mass is 321 g/mol. The minimum Gasteiger partial charge on any atom is -0.375 e. The summed E-state index contributed by atoms with van der Waals surface area (Å²) in [6.45, 7) is 4.44. The van der Waals surface area contributed by atoms with Gasteiger partial charge < -0.3 is 15.6 Å². The summed E-state index contributed by atoms with van der Waals surface area (Å²) in [6.07, 6.45) is 3.51. The lowest BCUT2D eigenvalue weighted by molar-refractivity contribution is -0.121. The Balaban J connectivity index is 1.47. The Morgan fingerprint density at radius 1 is 1.55 bits per heavy atom. The van der Waals surface area contributed by atoms with Gasteiger partial charge in [-0.05, 0) is 32.9 Å². The summed E-state index contributed by atoms with van der Waals surface area (Å²) in [4.78, 5) is 19.8. The number of aryl methyl sites for hydroxylation is 1. The highest BCUT2D eigenvalue weighted by Crippen LogP contribution is 2.23. The Labute approximate surface area is 132 Å². The van der Waals surface area contributed by atoms with Crippen molar-refractivity contribution in [2.24, 2.45) is 5.92 Å². The predicted octanol–water partition coefficient (Wildman–Crippen LogP) is 1.87. The van der Waals surface area contributed by atoms with Crippen LogP contribution in [0.1, 0.15) is 23.5 Å². The maximum absolute atomic E-state index is 12.2. The quantitative estimate of drug-likeness (QED) is 0.892. The largest absolute Gasteiger partial charge is 0.375 e. The SMILES string of the molecule is Cc1cc(NC(=O)C2CCN(Cc3cnc(N)s3)CC2)no1. The second kappa shape index (κ2) is 6.45. The molecule has 3 rings (SSSR count). The van der Waals surface area contributed by atoms with Crippen molar-refractivity contribution in [1.29, 1.82) is 0 Å². The Bertz CT molecular complexity index is 645. The number of nitrogen functional groups attached to an aromatic ring is 1. The first-order chi connectivity index (χ1) is 10.6. The number of nitrogens with one attached hydrogen (secondary N) is 1. The predicted molar refractivity (Wildman–Crippen MR) is 84.4 cm³/mol. The molecule has 3 N–H and O–H groups in total. The second-order valence-corrected chi connectivity index (χ2v) is 6.67. The third-order valence-corrected chi connectivity index (χ3v) is 4.60. The average Bonchev–Trinajstić information content (AvgIpc) is 3.08. The summed E-state index contributed by atoms with van der Waals surface area (Å²) >= 11 is 1.52. The maximum Gasteiger partial charge on any atom is 0.228 e. The van der Waals surface area contributed by atoms with Crippen LogP contribution >= 0.6 is 11.3 Å². The molecule has 1 aliphatic heterocycles. The van der Waals surface area contributed by atoms with Gasteiger partial charge in [-0.15, -0.1) is 11.3 Å². The second-order valence-electron chi connectivity index (χ2n) is 5.53. The van der Waals surface area contributed by atoms with Gasteiger partial charge in [-0.3, -0.25) is 9.69 Å². The molecule has 118 valence electrons. The number of hydrogen-bond acceptors (Lipinski definition) is 7. The molecule has 1 amide bonds. The van der Waals surface area contributed by atoms with Crippen LogP contribution in [0.3, 0.4) is 0 Å². The van der Waals surface area contributed by atoms with Crippen molar-refractivity contribution >= 4 is 28.2 Å². The molecule has 1 fully saturated rings. The summed E-state index contributed by atoms with van der Waals surface area (Å²) in [5, 5.41) is 7.21. The molecular weight excluding hydrogens is 302 g/mol. The number of hydrogen-bond donors (Lipinski definition) is 2. The molecule has 3 heterocycles. The van der Waals surface area contributed by atoms with E-state index in [-0.39, 0.29) is 11.8 Å². The van der Waals surface area contributed by atoms with Gasteiger partial charge in [0.05, 0.1) is 0 Å². The van der Waals surface area contributed by atoms with Gasteiger partial charge in [-0.25, -0.2) is 4.98 Å². The Kier molecular flexibility index (Phi) is 4.39. The highest BCUT2D eigenvalue weighted by Gasteiger charge is 2.25. The first kappa shape index (κ1) is 15.0. The van der Waals surface area contributed by atoms with Crippen LogP contribution < -0.4 is 11.1 Å². The van der Waals surface area contributed by atoms with Crippen molar-refractivity contribution in [2.45, 2.75) is 26.3 Å². The van der Waals surface area contributed by atoms with Crippen molar-refractivity contribution < 1.29 is 9.32 Å². The number of carbonyl (C=O) groups excluding carboxylic acids is 1. The van der Waals surface area contributed by atoms with Gasteiger partial charge >= 0.3 is 0 Å². The van der Waals surface area contributed by atoms with E-state index in [2.05, 4.69) is 20.4 Å². The molecule has 0 spiro atoms. The fourth-order valence-corrected chi connectivity index (χ4v) is 3.35. The van der Waals surface area contributed by atoms with E-state index in [9.17, 15) is 4.79 Å². The molecule has 0 aromatic carbocycles. The molecule has 0 atom stereocenters. The van der Waals surface area contributed by atoms with Crippen LogP contribution in [0.4, 0.5) is 10.9 Å². The zero-order valence-electron chi connectivity index (χ0n) is 12.4. The molecule has 22 heavy (non-hydrogen) atoms. The fraction of sp³-hybridized carbons (Fsp3) is 0.500. The first-order valence-corrected chi connectivity index (χ1v) is 8.08. The Morgan fingerprint density at radius 3 is 2.91 bits per heavy atom. The molecule has 0 bridgehead atoms. The van der Waals surface area contributed by atoms with Gasteiger partial charge in [0.2, 0.25) is 5.91 Å². The van der Waals surface area contributed by atoms with Gasteiger partial charge in [0.1, 0.15) is 5.76 Å². The number of amides is 1. The van der Waals surface area contributed by atoms with Gasteiger partial charge in [0.15, 0.2) is 10.9 Å². The van der Waals surface area contributed by atoms with Crippen LogP contribution in [0.5, 0.6) is 0 Å². The van der Waals surface area contributed by atoms with Crippen molar-refractivity contribution in [2.75, 3.05) is 24.1 Å². The molecule has 0 aliphatic carbocycles. The minimum absolute atomic E-state index is 0.0231. The zero-order valence-corrected chi connectivity index (χ0v) is 13.2. The lowest BCUT2D eigenvalue weighted by atomic mass is 9.96. The number of thiazole rings is 1. The van der Waals surface area contributed by atoms with Crippen LogP contribution in [-0.4, -0.2) is 34.0 Å². The van der Waals surface area contributed by atoms with E-state index in [0.29, 0.717) is 16.7 Å². The molecular formula is C14H19N5O2S. The molecule has 0 radical (unpaired) electrons. The lowest BCUT2D eigenvalue weighted by Gasteiger charge is -2.30. The number of piperidine rings is 1. The molecule has 0 saturated carbocycles. The summed E-state index contributed by atoms with van der Waals surface area (Å²) in [6, 6.07) is 1.72. The number of nitrogens with zero attached hydrogens (tertiary/aromatic N) is 3. The van der Waals surface area contributed by atoms with Gasteiger partial charge in [0.25, 0.3) is 0 Å². The van der Waals surface area contributed by atoms with E-state index >= 15 is 0 Å². The number of likely N-dealkylation sites (tertiary alicyclic amines) is 1. The molecule has 0 unspecified atom stereocenters. The van der Waals surface area contributed by atoms with Gasteiger partial charge in [0, 0.05) is 29.6 Å². The summed E-state index contributed by atoms with van der Waals surface area (Å²) < 4.78 is 4.95. The molecule has 7 nitrogen and oxygen atoms in total. The Morgan fingerprint density at radius 2 is 2.32 bits per heavy atom. The van der Waals surface area contributed by atoms with E-state index in [1.165, 1.54) is 16.2 Å². The highest BCUT2D eigenvalue weighted by atomic mass is 32.1. The van der Waals surface area contributed by atoms with E-state index < -0.39 is 0 Å². The maximum atomic E-state index is 12.2. The van der Waals surface area contributed by atoms with E-state index in [1.807, 2.05) is 6.20 Å². The van der Waals surface area contributed by atoms with Crippen LogP contribution in [0, 0.1) is 12.8 Å². The van der Waals surface area contributed by atoms with Crippen molar-refractivity contribution in [3.8, 4) is 0 Å². The third-order valence-electron chi connectivity index (χ3n) is 3.79. The number of carbonyl (C=O) groups is 1. The smallest absolute Gasteiger partial charge is 0.228 e. The van der Waals surface area contributed by atoms with Crippen LogP contribution in [-0.2, 0) is 11.3 Å². The lowest BCUT2D eigenvalue weighted by Crippen LogP contribution is -2.37. The normalized spacial score (nSPS) is 16.8. The van der Waals surface area contributed by atoms with Gasteiger partial charge in [-0.1, -0.05) is 5.16 Å². The van der Waals surface area contributed by atoms with Crippen molar-refractivity contribution in [3.05, 3.63) is 22.9 Å². The third kappa shape index (κ3) is 3.63. The van der Waals surface area contributed by atoms with Crippen molar-refractivity contribution in [3.63, 3.8) is 0 Å².